The second-order valence-electron chi connectivity index (χ2n) is 11.3. The van der Waals surface area contributed by atoms with Crippen LogP contribution < -0.4 is 21.3 Å². The summed E-state index contributed by atoms with van der Waals surface area (Å²) in [5, 5.41) is 11.9. The zero-order chi connectivity index (χ0) is 26.5. The topological polar surface area (TPSA) is 120 Å². The first kappa shape index (κ1) is 27.7. The van der Waals surface area contributed by atoms with Gasteiger partial charge >= 0.3 is 0 Å². The summed E-state index contributed by atoms with van der Waals surface area (Å²) in [6.45, 7) is 10.2. The number of nitrogens with zero attached hydrogens (tertiary/aromatic N) is 1. The molecule has 200 valence electrons. The van der Waals surface area contributed by atoms with E-state index in [0.29, 0.717) is 31.7 Å². The molecule has 0 bridgehead atoms. The molecule has 3 amide bonds. The molecule has 3 unspecified atom stereocenters. The van der Waals surface area contributed by atoms with E-state index in [2.05, 4.69) is 27.8 Å². The summed E-state index contributed by atoms with van der Waals surface area (Å²) in [6, 6.07) is -2.07. The minimum atomic E-state index is -0.891. The Labute approximate surface area is 214 Å². The molecule has 0 spiro atoms. The number of carbonyl (C=O) groups is 4. The standard InChI is InChI=1S/C27H43N5O4/c1-6-14-29-25(35)21(33)19(16-17-9-7-10-17)30-24(34)20-11-8-15-32(20)26(36)22(27(2,3)4)31-23(28-5)18-12-13-18/h6,17,19-20,22,28,31H,1,7-16H2,2-5H3,(H,29,35)(H,30,34). The third kappa shape index (κ3) is 6.89. The number of hydrogen-bond acceptors (Lipinski definition) is 6. The summed E-state index contributed by atoms with van der Waals surface area (Å²) in [7, 11) is 1.84. The van der Waals surface area contributed by atoms with Crippen LogP contribution in [0.5, 0.6) is 0 Å². The smallest absolute Gasteiger partial charge is 0.289 e. The fraction of sp³-hybridized carbons (Fsp3) is 0.704. The van der Waals surface area contributed by atoms with Crippen molar-refractivity contribution in [1.29, 1.82) is 0 Å². The Balaban J connectivity index is 1.73. The highest BCUT2D eigenvalue weighted by molar-refractivity contribution is 6.38. The molecule has 3 aliphatic rings. The summed E-state index contributed by atoms with van der Waals surface area (Å²) < 4.78 is 0. The van der Waals surface area contributed by atoms with Crippen molar-refractivity contribution in [2.45, 2.75) is 90.3 Å². The number of hydrogen-bond donors (Lipinski definition) is 4. The molecule has 0 aromatic heterocycles. The monoisotopic (exact) mass is 501 g/mol. The third-order valence-electron chi connectivity index (χ3n) is 7.40. The molecule has 3 rings (SSSR count). The molecular weight excluding hydrogens is 458 g/mol. The Bertz CT molecular complexity index is 896. The molecule has 0 aromatic rings. The molecule has 1 aliphatic heterocycles. The molecule has 3 atom stereocenters. The second-order valence-corrected chi connectivity index (χ2v) is 11.3. The first-order valence-corrected chi connectivity index (χ1v) is 13.3. The number of likely N-dealkylation sites (tertiary alicyclic amines) is 1. The average Bonchev–Trinajstić information content (AvgIpc) is 3.52. The molecule has 36 heavy (non-hydrogen) atoms. The summed E-state index contributed by atoms with van der Waals surface area (Å²) in [5.74, 6) is -0.643. The Kier molecular flexibility index (Phi) is 9.19. The maximum atomic E-state index is 13.8. The fourth-order valence-corrected chi connectivity index (χ4v) is 4.90. The molecule has 0 radical (unpaired) electrons. The van der Waals surface area contributed by atoms with Gasteiger partial charge in [0.15, 0.2) is 0 Å². The Morgan fingerprint density at radius 1 is 1.08 bits per heavy atom. The SMILES string of the molecule is C=CCNC(=O)C(=O)C(CC1CCC1)NC(=O)C1CCCN1C(=O)C(NC(NC)=C1CC1)C(C)(C)C. The van der Waals surface area contributed by atoms with Gasteiger partial charge in [-0.2, -0.15) is 0 Å². The van der Waals surface area contributed by atoms with Crippen molar-refractivity contribution >= 4 is 23.5 Å². The highest BCUT2D eigenvalue weighted by atomic mass is 16.2. The van der Waals surface area contributed by atoms with Crippen LogP contribution in [0.3, 0.4) is 0 Å². The summed E-state index contributed by atoms with van der Waals surface area (Å²) in [6.07, 6.45) is 8.29. The van der Waals surface area contributed by atoms with Crippen LogP contribution in [0.4, 0.5) is 0 Å². The van der Waals surface area contributed by atoms with Gasteiger partial charge < -0.3 is 26.2 Å². The van der Waals surface area contributed by atoms with Gasteiger partial charge in [-0.05, 0) is 49.0 Å². The van der Waals surface area contributed by atoms with E-state index in [0.717, 1.165) is 37.9 Å². The van der Waals surface area contributed by atoms with Crippen LogP contribution in [0.1, 0.15) is 72.1 Å². The number of Topliss-reactive ketones (excluding diaryl/α,β-unsaturated/α-hetero) is 1. The van der Waals surface area contributed by atoms with Gasteiger partial charge in [-0.3, -0.25) is 19.2 Å². The summed E-state index contributed by atoms with van der Waals surface area (Å²) in [5.41, 5.74) is 0.881. The van der Waals surface area contributed by atoms with E-state index in [1.54, 1.807) is 4.90 Å². The van der Waals surface area contributed by atoms with E-state index in [4.69, 9.17) is 0 Å². The molecule has 9 nitrogen and oxygen atoms in total. The molecule has 4 N–H and O–H groups in total. The fourth-order valence-electron chi connectivity index (χ4n) is 4.90. The minimum Gasteiger partial charge on any atom is -0.375 e. The molecule has 3 fully saturated rings. The lowest BCUT2D eigenvalue weighted by Gasteiger charge is -2.37. The minimum absolute atomic E-state index is 0.125. The van der Waals surface area contributed by atoms with Crippen molar-refractivity contribution in [2.75, 3.05) is 20.1 Å². The van der Waals surface area contributed by atoms with Gasteiger partial charge in [0, 0.05) is 20.1 Å². The lowest BCUT2D eigenvalue weighted by molar-refractivity contribution is -0.144. The largest absolute Gasteiger partial charge is 0.375 e. The van der Waals surface area contributed by atoms with Crippen molar-refractivity contribution in [3.8, 4) is 0 Å². The molecule has 0 aromatic carbocycles. The highest BCUT2D eigenvalue weighted by Crippen LogP contribution is 2.33. The maximum Gasteiger partial charge on any atom is 0.289 e. The van der Waals surface area contributed by atoms with Gasteiger partial charge in [-0.1, -0.05) is 46.1 Å². The van der Waals surface area contributed by atoms with Crippen molar-refractivity contribution in [1.82, 2.24) is 26.2 Å². The van der Waals surface area contributed by atoms with E-state index in [1.165, 1.54) is 11.6 Å². The van der Waals surface area contributed by atoms with E-state index < -0.39 is 29.8 Å². The first-order valence-electron chi connectivity index (χ1n) is 13.3. The number of rotatable bonds is 12. The summed E-state index contributed by atoms with van der Waals surface area (Å²) in [4.78, 5) is 54.1. The van der Waals surface area contributed by atoms with E-state index in [-0.39, 0.29) is 23.8 Å². The van der Waals surface area contributed by atoms with Crippen LogP contribution in [0.15, 0.2) is 24.0 Å². The van der Waals surface area contributed by atoms with E-state index in [9.17, 15) is 19.2 Å². The van der Waals surface area contributed by atoms with Crippen LogP contribution in [0.2, 0.25) is 0 Å². The van der Waals surface area contributed by atoms with Crippen molar-refractivity contribution in [2.24, 2.45) is 11.3 Å². The van der Waals surface area contributed by atoms with Gasteiger partial charge in [-0.25, -0.2) is 0 Å². The highest BCUT2D eigenvalue weighted by Gasteiger charge is 2.43. The zero-order valence-electron chi connectivity index (χ0n) is 22.2. The van der Waals surface area contributed by atoms with E-state index in [1.807, 2.05) is 27.8 Å². The predicted molar refractivity (Wildman–Crippen MR) is 139 cm³/mol. The lowest BCUT2D eigenvalue weighted by Crippen LogP contribution is -2.58. The second kappa shape index (κ2) is 11.9. The average molecular weight is 502 g/mol. The molecule has 1 heterocycles. The quantitative estimate of drug-likeness (QED) is 0.239. The van der Waals surface area contributed by atoms with Crippen LogP contribution in [0, 0.1) is 11.3 Å². The van der Waals surface area contributed by atoms with Crippen molar-refractivity contribution in [3.05, 3.63) is 24.0 Å². The Morgan fingerprint density at radius 2 is 1.78 bits per heavy atom. The number of allylic oxidation sites excluding steroid dienone is 1. The molecule has 1 saturated heterocycles. The summed E-state index contributed by atoms with van der Waals surface area (Å²) >= 11 is 0. The predicted octanol–water partition coefficient (Wildman–Crippen LogP) is 1.75. The van der Waals surface area contributed by atoms with Gasteiger partial charge in [0.05, 0.1) is 11.9 Å². The number of amides is 3. The molecule has 2 saturated carbocycles. The Morgan fingerprint density at radius 3 is 2.31 bits per heavy atom. The Hall–Kier alpha value is -2.84. The molecule has 2 aliphatic carbocycles. The van der Waals surface area contributed by atoms with Crippen LogP contribution in [-0.2, 0) is 19.2 Å². The van der Waals surface area contributed by atoms with E-state index >= 15 is 0 Å². The maximum absolute atomic E-state index is 13.8. The molecule has 9 heteroatoms. The zero-order valence-corrected chi connectivity index (χ0v) is 22.2. The van der Waals surface area contributed by atoms with Crippen LogP contribution >= 0.6 is 0 Å². The number of ketones is 1. The van der Waals surface area contributed by atoms with Crippen LogP contribution in [0.25, 0.3) is 0 Å². The van der Waals surface area contributed by atoms with Gasteiger partial charge in [-0.15, -0.1) is 6.58 Å². The van der Waals surface area contributed by atoms with Crippen molar-refractivity contribution in [3.63, 3.8) is 0 Å². The van der Waals surface area contributed by atoms with Crippen LogP contribution in [-0.4, -0.2) is 66.7 Å². The normalized spacial score (nSPS) is 21.1. The third-order valence-corrected chi connectivity index (χ3v) is 7.40. The lowest BCUT2D eigenvalue weighted by atomic mass is 9.80. The van der Waals surface area contributed by atoms with Gasteiger partial charge in [0.2, 0.25) is 17.6 Å². The number of nitrogens with one attached hydrogen (secondary N) is 4. The number of carbonyl (C=O) groups excluding carboxylic acids is 4. The van der Waals surface area contributed by atoms with Gasteiger partial charge in [0.25, 0.3) is 5.91 Å². The molecular formula is C27H43N5O4. The first-order chi connectivity index (χ1) is 17.1. The van der Waals surface area contributed by atoms with Crippen molar-refractivity contribution < 1.29 is 19.2 Å². The van der Waals surface area contributed by atoms with Gasteiger partial charge in [0.1, 0.15) is 12.1 Å².